The number of aromatic amines is 1. The molecular weight excluding hydrogens is 324 g/mol. The number of hydrogen-bond donors (Lipinski definition) is 4. The summed E-state index contributed by atoms with van der Waals surface area (Å²) in [5, 5.41) is 9.58. The Bertz CT molecular complexity index is 754. The molecule has 4 N–H and O–H groups in total. The first-order valence-corrected chi connectivity index (χ1v) is 7.86. The van der Waals surface area contributed by atoms with E-state index in [1.807, 2.05) is 6.92 Å². The van der Waals surface area contributed by atoms with E-state index in [0.29, 0.717) is 17.7 Å². The minimum Gasteiger partial charge on any atom is -0.360 e. The number of rotatable bonds is 4. The molecular formula is C16H22N6O3. The fourth-order valence-electron chi connectivity index (χ4n) is 2.00. The first-order chi connectivity index (χ1) is 12.1. The van der Waals surface area contributed by atoms with E-state index in [9.17, 15) is 14.5 Å². The predicted molar refractivity (Wildman–Crippen MR) is 98.5 cm³/mol. The Morgan fingerprint density at radius 2 is 2.00 bits per heavy atom. The average Bonchev–Trinajstić information content (AvgIpc) is 2.92. The van der Waals surface area contributed by atoms with Gasteiger partial charge in [0.05, 0.1) is 22.8 Å². The van der Waals surface area contributed by atoms with E-state index in [-0.39, 0.29) is 5.91 Å². The zero-order valence-corrected chi connectivity index (χ0v) is 14.4. The van der Waals surface area contributed by atoms with Crippen molar-refractivity contribution in [2.24, 2.45) is 10.4 Å². The largest absolute Gasteiger partial charge is 0.360 e. The van der Waals surface area contributed by atoms with Crippen LogP contribution in [0, 0.1) is 4.91 Å². The third kappa shape index (κ3) is 5.41. The summed E-state index contributed by atoms with van der Waals surface area (Å²) in [6.45, 7) is 6.85. The Morgan fingerprint density at radius 3 is 2.56 bits per heavy atom. The quantitative estimate of drug-likeness (QED) is 0.385. The van der Waals surface area contributed by atoms with Crippen molar-refractivity contribution in [1.29, 1.82) is 0 Å². The fourth-order valence-corrected chi connectivity index (χ4v) is 2.00. The van der Waals surface area contributed by atoms with Crippen molar-refractivity contribution < 1.29 is 9.59 Å². The highest BCUT2D eigenvalue weighted by molar-refractivity contribution is 6.14. The third-order valence-corrected chi connectivity index (χ3v) is 2.89. The van der Waals surface area contributed by atoms with Crippen LogP contribution in [-0.2, 0) is 4.79 Å². The monoisotopic (exact) mass is 346 g/mol. The summed E-state index contributed by atoms with van der Waals surface area (Å²) in [4.78, 5) is 34.3. The van der Waals surface area contributed by atoms with Crippen LogP contribution in [0.15, 0.2) is 28.7 Å². The number of aromatic nitrogens is 1. The summed E-state index contributed by atoms with van der Waals surface area (Å²) in [5.41, 5.74) is 7.12. The van der Waals surface area contributed by atoms with Gasteiger partial charge in [0, 0.05) is 29.2 Å². The molecule has 0 bridgehead atoms. The Morgan fingerprint density at radius 1 is 1.28 bits per heavy atom. The van der Waals surface area contributed by atoms with Crippen molar-refractivity contribution in [3.8, 4) is 0 Å². The lowest BCUT2D eigenvalue weighted by Gasteiger charge is -2.04. The van der Waals surface area contributed by atoms with Gasteiger partial charge < -0.3 is 10.3 Å². The van der Waals surface area contributed by atoms with Gasteiger partial charge in [0.25, 0.3) is 5.91 Å². The van der Waals surface area contributed by atoms with Gasteiger partial charge in [0.15, 0.2) is 0 Å². The first kappa shape index (κ1) is 19.8. The first-order valence-electron chi connectivity index (χ1n) is 7.86. The molecule has 0 unspecified atom stereocenters. The minimum absolute atomic E-state index is 0.320. The molecule has 2 heterocycles. The van der Waals surface area contributed by atoms with Crippen molar-refractivity contribution in [2.45, 2.75) is 27.2 Å². The number of carbonyl (C=O) groups excluding carboxylic acids is 2. The molecule has 25 heavy (non-hydrogen) atoms. The van der Waals surface area contributed by atoms with E-state index in [1.54, 1.807) is 24.5 Å². The number of nitrogens with zero attached hydrogens (tertiary/aromatic N) is 2. The second-order valence-corrected chi connectivity index (χ2v) is 4.98. The van der Waals surface area contributed by atoms with Crippen molar-refractivity contribution >= 4 is 35.1 Å². The highest BCUT2D eigenvalue weighted by atomic mass is 16.3. The molecule has 0 spiro atoms. The zero-order chi connectivity index (χ0) is 18.7. The number of hydrazone groups is 1. The molecule has 2 amide bonds. The Balaban J connectivity index is 0.000000333. The summed E-state index contributed by atoms with van der Waals surface area (Å²) < 4.78 is 0. The maximum Gasteiger partial charge on any atom is 0.272 e. The van der Waals surface area contributed by atoms with Crippen LogP contribution in [0.2, 0.25) is 0 Å². The van der Waals surface area contributed by atoms with Gasteiger partial charge in [-0.2, -0.15) is 5.10 Å². The fraction of sp³-hybridized carbons (Fsp3) is 0.312. The van der Waals surface area contributed by atoms with Gasteiger partial charge >= 0.3 is 0 Å². The van der Waals surface area contributed by atoms with E-state index < -0.39 is 0 Å². The maximum absolute atomic E-state index is 11.8. The minimum atomic E-state index is -0.320. The van der Waals surface area contributed by atoms with Crippen LogP contribution in [0.3, 0.4) is 0 Å². The molecule has 0 aliphatic carbocycles. The molecule has 0 fully saturated rings. The normalized spacial score (nSPS) is 11.1. The van der Waals surface area contributed by atoms with Crippen LogP contribution in [-0.4, -0.2) is 30.1 Å². The number of H-pyrrole nitrogens is 1. The van der Waals surface area contributed by atoms with E-state index in [2.05, 4.69) is 45.4 Å². The molecule has 2 aromatic rings. The van der Waals surface area contributed by atoms with Crippen LogP contribution >= 0.6 is 0 Å². The second kappa shape index (κ2) is 10.5. The van der Waals surface area contributed by atoms with Gasteiger partial charge in [-0.15, -0.1) is 4.91 Å². The molecule has 0 atom stereocenters. The number of benzene rings is 1. The molecule has 0 saturated heterocycles. The molecule has 134 valence electrons. The molecule has 1 aliphatic rings. The van der Waals surface area contributed by atoms with Crippen molar-refractivity contribution in [2.75, 3.05) is 12.0 Å². The predicted octanol–water partition coefficient (Wildman–Crippen LogP) is 2.51. The topological polar surface area (TPSA) is 128 Å². The summed E-state index contributed by atoms with van der Waals surface area (Å²) in [6.07, 6.45) is 5.24. The van der Waals surface area contributed by atoms with Crippen molar-refractivity contribution in [1.82, 2.24) is 15.7 Å². The molecule has 1 aromatic heterocycles. The SMILES string of the molecule is CCC.CCNC=O.O=NNc1cc2c3c(c[nH]c3c1)C=NNC2=O. The van der Waals surface area contributed by atoms with Gasteiger partial charge in [0.2, 0.25) is 6.41 Å². The lowest BCUT2D eigenvalue weighted by Crippen LogP contribution is -2.16. The Hall–Kier alpha value is -3.23. The highest BCUT2D eigenvalue weighted by Gasteiger charge is 2.17. The van der Waals surface area contributed by atoms with Crippen LogP contribution in [0.5, 0.6) is 0 Å². The van der Waals surface area contributed by atoms with Gasteiger partial charge in [-0.3, -0.25) is 9.59 Å². The van der Waals surface area contributed by atoms with Crippen LogP contribution in [0.1, 0.15) is 43.1 Å². The molecule has 9 heteroatoms. The Labute approximate surface area is 145 Å². The van der Waals surface area contributed by atoms with E-state index in [1.165, 1.54) is 6.42 Å². The zero-order valence-electron chi connectivity index (χ0n) is 14.4. The third-order valence-electron chi connectivity index (χ3n) is 2.89. The van der Waals surface area contributed by atoms with Crippen LogP contribution < -0.4 is 16.2 Å². The number of carbonyl (C=O) groups is 2. The molecule has 9 nitrogen and oxygen atoms in total. The number of nitrogens with one attached hydrogen (secondary N) is 4. The van der Waals surface area contributed by atoms with Gasteiger partial charge in [-0.1, -0.05) is 20.3 Å². The summed E-state index contributed by atoms with van der Waals surface area (Å²) in [5.74, 6) is -0.320. The molecule has 1 aromatic carbocycles. The van der Waals surface area contributed by atoms with E-state index >= 15 is 0 Å². The average molecular weight is 346 g/mol. The van der Waals surface area contributed by atoms with Crippen molar-refractivity contribution in [3.63, 3.8) is 0 Å². The summed E-state index contributed by atoms with van der Waals surface area (Å²) in [7, 11) is 0. The van der Waals surface area contributed by atoms with Gasteiger partial charge in [0.1, 0.15) is 0 Å². The number of amides is 2. The summed E-state index contributed by atoms with van der Waals surface area (Å²) in [6, 6.07) is 3.27. The van der Waals surface area contributed by atoms with E-state index in [0.717, 1.165) is 23.0 Å². The van der Waals surface area contributed by atoms with Crippen LogP contribution in [0.25, 0.3) is 10.9 Å². The highest BCUT2D eigenvalue weighted by Crippen LogP contribution is 2.27. The van der Waals surface area contributed by atoms with Crippen LogP contribution in [0.4, 0.5) is 5.69 Å². The number of hydrogen-bond acceptors (Lipinski definition) is 5. The maximum atomic E-state index is 11.8. The lowest BCUT2D eigenvalue weighted by molar-refractivity contribution is -0.109. The molecule has 3 rings (SSSR count). The second-order valence-electron chi connectivity index (χ2n) is 4.98. The van der Waals surface area contributed by atoms with Crippen molar-refractivity contribution in [3.05, 3.63) is 34.4 Å². The number of anilines is 1. The smallest absolute Gasteiger partial charge is 0.272 e. The Kier molecular flexibility index (Phi) is 8.34. The molecule has 1 aliphatic heterocycles. The standard InChI is InChI=1S/C10H7N5O2.C3H7NO.C3H8/c16-10-7-1-6(13-15-17)2-8-9(7)5(3-11-8)4-12-14-10;1-2-4-3-5;1-3-2/h1-4,11H,(H,13,17)(H,14,16);3H,2H2,1H3,(H,4,5);3H2,1-2H3. The van der Waals surface area contributed by atoms with E-state index in [4.69, 9.17) is 0 Å². The molecule has 0 saturated carbocycles. The van der Waals surface area contributed by atoms with Gasteiger partial charge in [-0.05, 0) is 19.1 Å². The lowest BCUT2D eigenvalue weighted by atomic mass is 10.1. The molecule has 0 radical (unpaired) electrons. The van der Waals surface area contributed by atoms with Gasteiger partial charge in [-0.25, -0.2) is 10.9 Å². The number of nitroso groups, excluding NO2 is 1. The summed E-state index contributed by atoms with van der Waals surface area (Å²) >= 11 is 0.